The number of hydrogen-bond acceptors (Lipinski definition) is 4. The van der Waals surface area contributed by atoms with Crippen molar-refractivity contribution in [2.45, 2.75) is 39.1 Å². The Balaban J connectivity index is 1.87. The van der Waals surface area contributed by atoms with Crippen LogP contribution >= 0.6 is 0 Å². The molecule has 1 aliphatic rings. The molecule has 1 aromatic carbocycles. The monoisotopic (exact) mass is 314 g/mol. The van der Waals surface area contributed by atoms with Crippen LogP contribution in [0.15, 0.2) is 24.3 Å². The summed E-state index contributed by atoms with van der Waals surface area (Å²) in [6.45, 7) is 2.63. The minimum Gasteiger partial charge on any atom is -0.445 e. The molecule has 1 fully saturated rings. The Morgan fingerprint density at radius 2 is 1.86 bits per heavy atom. The van der Waals surface area contributed by atoms with Gasteiger partial charge < -0.3 is 19.7 Å². The van der Waals surface area contributed by atoms with Gasteiger partial charge in [-0.3, -0.25) is 0 Å². The summed E-state index contributed by atoms with van der Waals surface area (Å²) in [5.41, 5.74) is 0.713. The van der Waals surface area contributed by atoms with E-state index in [9.17, 15) is 13.6 Å². The fourth-order valence-corrected chi connectivity index (χ4v) is 2.48. The summed E-state index contributed by atoms with van der Waals surface area (Å²) in [5.74, 6) is 0.0782. The molecule has 7 heteroatoms. The molecule has 0 aliphatic carbocycles. The number of rotatable bonds is 4. The van der Waals surface area contributed by atoms with Crippen molar-refractivity contribution in [2.24, 2.45) is 0 Å². The van der Waals surface area contributed by atoms with Crippen LogP contribution in [0.3, 0.4) is 0 Å². The van der Waals surface area contributed by atoms with Crippen LogP contribution in [0.4, 0.5) is 13.6 Å². The molecule has 0 unspecified atom stereocenters. The summed E-state index contributed by atoms with van der Waals surface area (Å²) < 4.78 is 33.7. The molecule has 1 aliphatic heterocycles. The van der Waals surface area contributed by atoms with Crippen molar-refractivity contribution in [3.05, 3.63) is 29.8 Å². The van der Waals surface area contributed by atoms with Gasteiger partial charge in [0.15, 0.2) is 0 Å². The lowest BCUT2D eigenvalue weighted by Gasteiger charge is -2.38. The van der Waals surface area contributed by atoms with Crippen molar-refractivity contribution in [3.8, 4) is 5.75 Å². The van der Waals surface area contributed by atoms with E-state index in [2.05, 4.69) is 10.1 Å². The third-order valence-electron chi connectivity index (χ3n) is 3.55. The number of carbonyl (C=O) groups excluding carboxylic acids is 1. The van der Waals surface area contributed by atoms with Gasteiger partial charge in [-0.1, -0.05) is 12.1 Å². The standard InChI is InChI=1S/C15H20F2N2O3/c1-10-7-18-8-11(2)19(10)15(20)21-9-12-3-5-13(6-4-12)22-14(16)17/h3-6,10-11,14,18H,7-9H2,1-2H3/t10-,11+. The summed E-state index contributed by atoms with van der Waals surface area (Å²) in [6, 6.07) is 6.17. The summed E-state index contributed by atoms with van der Waals surface area (Å²) in [6.07, 6.45) is -0.366. The minimum atomic E-state index is -2.85. The molecule has 2 rings (SSSR count). The smallest absolute Gasteiger partial charge is 0.410 e. The number of alkyl halides is 2. The number of halogens is 2. The molecular formula is C15H20F2N2O3. The molecule has 0 radical (unpaired) electrons. The molecule has 1 heterocycles. The quantitative estimate of drug-likeness (QED) is 0.928. The van der Waals surface area contributed by atoms with Gasteiger partial charge in [-0.25, -0.2) is 4.79 Å². The number of benzene rings is 1. The first-order chi connectivity index (χ1) is 10.5. The lowest BCUT2D eigenvalue weighted by atomic mass is 10.1. The zero-order valence-corrected chi connectivity index (χ0v) is 12.6. The molecule has 1 aromatic rings. The fraction of sp³-hybridized carbons (Fsp3) is 0.533. The zero-order valence-electron chi connectivity index (χ0n) is 12.6. The molecule has 2 atom stereocenters. The highest BCUT2D eigenvalue weighted by atomic mass is 19.3. The first-order valence-corrected chi connectivity index (χ1v) is 7.17. The van der Waals surface area contributed by atoms with E-state index in [0.717, 1.165) is 13.1 Å². The Kier molecular flexibility index (Phi) is 5.54. The van der Waals surface area contributed by atoms with Crippen molar-refractivity contribution < 1.29 is 23.0 Å². The molecule has 122 valence electrons. The van der Waals surface area contributed by atoms with Crippen LogP contribution in [0, 0.1) is 0 Å². The Morgan fingerprint density at radius 1 is 1.27 bits per heavy atom. The maximum absolute atomic E-state index is 12.2. The van der Waals surface area contributed by atoms with E-state index in [1.165, 1.54) is 12.1 Å². The normalized spacial score (nSPS) is 21.8. The van der Waals surface area contributed by atoms with Crippen molar-refractivity contribution in [2.75, 3.05) is 13.1 Å². The largest absolute Gasteiger partial charge is 0.445 e. The number of carbonyl (C=O) groups is 1. The number of nitrogens with one attached hydrogen (secondary N) is 1. The van der Waals surface area contributed by atoms with Gasteiger partial charge in [0.25, 0.3) is 0 Å². The lowest BCUT2D eigenvalue weighted by molar-refractivity contribution is -0.0498. The van der Waals surface area contributed by atoms with Crippen LogP contribution in [-0.2, 0) is 11.3 Å². The molecule has 1 saturated heterocycles. The van der Waals surface area contributed by atoms with Gasteiger partial charge >= 0.3 is 12.7 Å². The van der Waals surface area contributed by atoms with Crippen LogP contribution in [-0.4, -0.2) is 42.8 Å². The van der Waals surface area contributed by atoms with Crippen molar-refractivity contribution in [1.82, 2.24) is 10.2 Å². The SMILES string of the molecule is C[C@@H]1CNC[C@H](C)N1C(=O)OCc1ccc(OC(F)F)cc1. The predicted molar refractivity (Wildman–Crippen MR) is 76.9 cm³/mol. The van der Waals surface area contributed by atoms with Crippen LogP contribution < -0.4 is 10.1 Å². The maximum Gasteiger partial charge on any atom is 0.410 e. The average molecular weight is 314 g/mol. The van der Waals surface area contributed by atoms with Crippen molar-refractivity contribution in [3.63, 3.8) is 0 Å². The lowest BCUT2D eigenvalue weighted by Crippen LogP contribution is -2.57. The van der Waals surface area contributed by atoms with E-state index >= 15 is 0 Å². The van der Waals surface area contributed by atoms with Gasteiger partial charge in [-0.2, -0.15) is 8.78 Å². The summed E-state index contributed by atoms with van der Waals surface area (Å²) in [7, 11) is 0. The topological polar surface area (TPSA) is 50.8 Å². The highest BCUT2D eigenvalue weighted by Crippen LogP contribution is 2.17. The van der Waals surface area contributed by atoms with Crippen LogP contribution in [0.25, 0.3) is 0 Å². The highest BCUT2D eigenvalue weighted by molar-refractivity contribution is 5.68. The van der Waals surface area contributed by atoms with Crippen molar-refractivity contribution >= 4 is 6.09 Å². The Hall–Kier alpha value is -1.89. The van der Waals surface area contributed by atoms with Gasteiger partial charge in [0.05, 0.1) is 0 Å². The van der Waals surface area contributed by atoms with Crippen LogP contribution in [0.5, 0.6) is 5.75 Å². The third-order valence-corrected chi connectivity index (χ3v) is 3.55. The molecule has 1 amide bonds. The molecule has 0 saturated carbocycles. The second-order valence-corrected chi connectivity index (χ2v) is 5.34. The number of ether oxygens (including phenoxy) is 2. The highest BCUT2D eigenvalue weighted by Gasteiger charge is 2.29. The van der Waals surface area contributed by atoms with Crippen LogP contribution in [0.2, 0.25) is 0 Å². The number of nitrogens with zero attached hydrogens (tertiary/aromatic N) is 1. The minimum absolute atomic E-state index is 0.0677. The molecule has 1 N–H and O–H groups in total. The van der Waals surface area contributed by atoms with Gasteiger partial charge in [0, 0.05) is 25.2 Å². The fourth-order valence-electron chi connectivity index (χ4n) is 2.48. The van der Waals surface area contributed by atoms with Gasteiger partial charge in [-0.05, 0) is 31.5 Å². The second kappa shape index (κ2) is 7.40. The van der Waals surface area contributed by atoms with Crippen molar-refractivity contribution in [1.29, 1.82) is 0 Å². The van der Waals surface area contributed by atoms with E-state index in [0.29, 0.717) is 5.56 Å². The van der Waals surface area contributed by atoms with Crippen LogP contribution in [0.1, 0.15) is 19.4 Å². The number of amides is 1. The van der Waals surface area contributed by atoms with E-state index in [1.807, 2.05) is 13.8 Å². The second-order valence-electron chi connectivity index (χ2n) is 5.34. The maximum atomic E-state index is 12.2. The van der Waals surface area contributed by atoms with E-state index in [4.69, 9.17) is 4.74 Å². The molecule has 0 bridgehead atoms. The molecular weight excluding hydrogens is 294 g/mol. The first kappa shape index (κ1) is 16.5. The van der Waals surface area contributed by atoms with Gasteiger partial charge in [-0.15, -0.1) is 0 Å². The van der Waals surface area contributed by atoms with E-state index in [1.54, 1.807) is 17.0 Å². The predicted octanol–water partition coefficient (Wildman–Crippen LogP) is 2.61. The zero-order chi connectivity index (χ0) is 16.1. The summed E-state index contributed by atoms with van der Waals surface area (Å²) in [4.78, 5) is 13.9. The molecule has 0 aromatic heterocycles. The number of hydrogen-bond donors (Lipinski definition) is 1. The average Bonchev–Trinajstić information content (AvgIpc) is 2.46. The Bertz CT molecular complexity index is 486. The van der Waals surface area contributed by atoms with E-state index < -0.39 is 6.61 Å². The third kappa shape index (κ3) is 4.30. The molecule has 5 nitrogen and oxygen atoms in total. The van der Waals surface area contributed by atoms with E-state index in [-0.39, 0.29) is 30.5 Å². The first-order valence-electron chi connectivity index (χ1n) is 7.17. The van der Waals surface area contributed by atoms with Gasteiger partial charge in [0.1, 0.15) is 12.4 Å². The molecule has 22 heavy (non-hydrogen) atoms. The molecule has 0 spiro atoms. The summed E-state index contributed by atoms with van der Waals surface area (Å²) in [5, 5.41) is 3.24. The van der Waals surface area contributed by atoms with Gasteiger partial charge in [0.2, 0.25) is 0 Å². The Morgan fingerprint density at radius 3 is 2.41 bits per heavy atom. The summed E-state index contributed by atoms with van der Waals surface area (Å²) >= 11 is 0. The Labute approximate surface area is 128 Å². The number of piperazine rings is 1.